The lowest BCUT2D eigenvalue weighted by molar-refractivity contribution is 0.0775. The first-order valence-corrected chi connectivity index (χ1v) is 3.52. The van der Waals surface area contributed by atoms with Gasteiger partial charge in [-0.2, -0.15) is 0 Å². The van der Waals surface area contributed by atoms with E-state index in [4.69, 9.17) is 4.84 Å². The van der Waals surface area contributed by atoms with Gasteiger partial charge < -0.3 is 4.84 Å². The fourth-order valence-electron chi connectivity index (χ4n) is 0.875. The Morgan fingerprint density at radius 3 is 3.22 bits per heavy atom. The summed E-state index contributed by atoms with van der Waals surface area (Å²) < 4.78 is 0. The molecule has 2 heteroatoms. The van der Waals surface area contributed by atoms with Crippen LogP contribution >= 0.6 is 0 Å². The largest absolute Gasteiger partial charge is 0.392 e. The summed E-state index contributed by atoms with van der Waals surface area (Å²) in [6.45, 7) is 2.18. The maximum Gasteiger partial charge on any atom is 0.133 e. The fourth-order valence-corrected chi connectivity index (χ4v) is 0.875. The summed E-state index contributed by atoms with van der Waals surface area (Å²) in [5, 5.41) is 3.57. The van der Waals surface area contributed by atoms with Gasteiger partial charge in [0.2, 0.25) is 0 Å². The molecule has 1 heterocycles. The van der Waals surface area contributed by atoms with Crippen LogP contribution in [0.1, 0.15) is 32.6 Å². The van der Waals surface area contributed by atoms with E-state index in [1.165, 1.54) is 12.8 Å². The lowest BCUT2D eigenvalue weighted by Gasteiger charge is -2.04. The molecule has 2 nitrogen and oxygen atoms in total. The van der Waals surface area contributed by atoms with Crippen molar-refractivity contribution in [1.82, 2.24) is 0 Å². The second-order valence-corrected chi connectivity index (χ2v) is 2.32. The summed E-state index contributed by atoms with van der Waals surface area (Å²) in [5.74, 6) is 0. The van der Waals surface area contributed by atoms with Crippen LogP contribution in [-0.4, -0.2) is 12.3 Å². The predicted octanol–water partition coefficient (Wildman–Crippen LogP) is 1.83. The third-order valence-electron chi connectivity index (χ3n) is 1.46. The van der Waals surface area contributed by atoms with Crippen molar-refractivity contribution in [1.29, 1.82) is 0 Å². The van der Waals surface area contributed by atoms with E-state index in [1.54, 1.807) is 0 Å². The van der Waals surface area contributed by atoms with E-state index < -0.39 is 0 Å². The maximum atomic E-state index is 4.97. The Morgan fingerprint density at radius 1 is 1.78 bits per heavy atom. The first-order chi connectivity index (χ1) is 4.43. The van der Waals surface area contributed by atoms with Crippen LogP contribution in [0.15, 0.2) is 5.16 Å². The SMILES string of the molecule is CCCCC1C[C]=NO1. The first-order valence-electron chi connectivity index (χ1n) is 3.52. The van der Waals surface area contributed by atoms with Gasteiger partial charge in [0, 0.05) is 6.42 Å². The molecular formula is C7H12NO. The Balaban J connectivity index is 2.01. The van der Waals surface area contributed by atoms with E-state index in [2.05, 4.69) is 18.3 Å². The second-order valence-electron chi connectivity index (χ2n) is 2.32. The van der Waals surface area contributed by atoms with Gasteiger partial charge in [-0.3, -0.25) is 0 Å². The number of unbranched alkanes of at least 4 members (excludes halogenated alkanes) is 1. The predicted molar refractivity (Wildman–Crippen MR) is 36.5 cm³/mol. The average Bonchev–Trinajstić information content (AvgIpc) is 2.34. The molecule has 1 aliphatic heterocycles. The number of nitrogens with zero attached hydrogens (tertiary/aromatic N) is 1. The van der Waals surface area contributed by atoms with Crippen LogP contribution in [0.4, 0.5) is 0 Å². The molecule has 1 aliphatic rings. The molecule has 0 aromatic heterocycles. The molecular weight excluding hydrogens is 114 g/mol. The highest BCUT2D eigenvalue weighted by Gasteiger charge is 2.11. The van der Waals surface area contributed by atoms with Crippen LogP contribution in [0.2, 0.25) is 0 Å². The molecule has 0 N–H and O–H groups in total. The van der Waals surface area contributed by atoms with E-state index in [0.29, 0.717) is 6.10 Å². The van der Waals surface area contributed by atoms with Crippen molar-refractivity contribution in [2.75, 3.05) is 0 Å². The first kappa shape index (κ1) is 6.59. The zero-order valence-electron chi connectivity index (χ0n) is 5.76. The van der Waals surface area contributed by atoms with Crippen LogP contribution in [0.3, 0.4) is 0 Å². The summed E-state index contributed by atoms with van der Waals surface area (Å²) in [6.07, 6.45) is 7.62. The third-order valence-corrected chi connectivity index (χ3v) is 1.46. The minimum atomic E-state index is 0.338. The molecule has 1 atom stereocenters. The Bertz CT molecular complexity index is 93.1. The van der Waals surface area contributed by atoms with Crippen molar-refractivity contribution < 1.29 is 4.84 Å². The van der Waals surface area contributed by atoms with Gasteiger partial charge in [-0.1, -0.05) is 18.5 Å². The minimum absolute atomic E-state index is 0.338. The molecule has 1 rings (SSSR count). The molecule has 0 aromatic rings. The van der Waals surface area contributed by atoms with Crippen molar-refractivity contribution in [3.63, 3.8) is 0 Å². The van der Waals surface area contributed by atoms with E-state index >= 15 is 0 Å². The van der Waals surface area contributed by atoms with Crippen molar-refractivity contribution in [2.45, 2.75) is 38.7 Å². The summed E-state index contributed by atoms with van der Waals surface area (Å²) in [4.78, 5) is 4.97. The highest BCUT2D eigenvalue weighted by Crippen LogP contribution is 2.11. The Labute approximate surface area is 55.9 Å². The molecule has 0 amide bonds. The quantitative estimate of drug-likeness (QED) is 0.565. The van der Waals surface area contributed by atoms with Crippen molar-refractivity contribution in [3.05, 3.63) is 0 Å². The molecule has 0 aliphatic carbocycles. The van der Waals surface area contributed by atoms with Gasteiger partial charge >= 0.3 is 0 Å². The molecule has 0 fully saturated rings. The molecule has 0 aromatic carbocycles. The lowest BCUT2D eigenvalue weighted by Crippen LogP contribution is -2.03. The van der Waals surface area contributed by atoms with Crippen molar-refractivity contribution in [3.8, 4) is 0 Å². The Morgan fingerprint density at radius 2 is 2.67 bits per heavy atom. The van der Waals surface area contributed by atoms with Gasteiger partial charge in [0.25, 0.3) is 0 Å². The molecule has 51 valence electrons. The smallest absolute Gasteiger partial charge is 0.133 e. The van der Waals surface area contributed by atoms with Gasteiger partial charge in [0.05, 0.1) is 0 Å². The molecule has 0 spiro atoms. The topological polar surface area (TPSA) is 21.6 Å². The number of hydrogen-bond acceptors (Lipinski definition) is 2. The van der Waals surface area contributed by atoms with Crippen LogP contribution in [0.25, 0.3) is 0 Å². The lowest BCUT2D eigenvalue weighted by atomic mass is 10.1. The summed E-state index contributed by atoms with van der Waals surface area (Å²) in [7, 11) is 0. The highest BCUT2D eigenvalue weighted by atomic mass is 16.6. The summed E-state index contributed by atoms with van der Waals surface area (Å²) in [5.41, 5.74) is 0. The highest BCUT2D eigenvalue weighted by molar-refractivity contribution is 5.58. The standard InChI is InChI=1S/C7H12NO/c1-2-3-4-7-5-6-8-9-7/h7H,2-5H2,1H3. The molecule has 0 saturated carbocycles. The molecule has 0 bridgehead atoms. The maximum absolute atomic E-state index is 4.97. The number of hydrogen-bond donors (Lipinski definition) is 0. The Kier molecular flexibility index (Phi) is 2.55. The van der Waals surface area contributed by atoms with E-state index in [-0.39, 0.29) is 0 Å². The van der Waals surface area contributed by atoms with Crippen LogP contribution in [0.5, 0.6) is 0 Å². The fraction of sp³-hybridized carbons (Fsp3) is 0.857. The molecule has 0 saturated heterocycles. The number of rotatable bonds is 3. The average molecular weight is 126 g/mol. The Hall–Kier alpha value is -0.530. The van der Waals surface area contributed by atoms with Crippen molar-refractivity contribution >= 4 is 6.21 Å². The summed E-state index contributed by atoms with van der Waals surface area (Å²) >= 11 is 0. The van der Waals surface area contributed by atoms with E-state index in [0.717, 1.165) is 12.8 Å². The van der Waals surface area contributed by atoms with Gasteiger partial charge in [-0.25, -0.2) is 0 Å². The zero-order valence-corrected chi connectivity index (χ0v) is 5.76. The monoisotopic (exact) mass is 126 g/mol. The second kappa shape index (κ2) is 3.49. The normalized spacial score (nSPS) is 24.3. The minimum Gasteiger partial charge on any atom is -0.392 e. The third kappa shape index (κ3) is 2.04. The summed E-state index contributed by atoms with van der Waals surface area (Å²) in [6, 6.07) is 0. The van der Waals surface area contributed by atoms with Crippen molar-refractivity contribution in [2.24, 2.45) is 5.16 Å². The van der Waals surface area contributed by atoms with Crippen LogP contribution in [-0.2, 0) is 4.84 Å². The molecule has 1 unspecified atom stereocenters. The zero-order chi connectivity index (χ0) is 6.53. The van der Waals surface area contributed by atoms with Gasteiger partial charge in [0.1, 0.15) is 12.3 Å². The van der Waals surface area contributed by atoms with E-state index in [9.17, 15) is 0 Å². The molecule has 1 radical (unpaired) electrons. The van der Waals surface area contributed by atoms with Gasteiger partial charge in [-0.05, 0) is 12.8 Å². The van der Waals surface area contributed by atoms with Gasteiger partial charge in [0.15, 0.2) is 0 Å². The van der Waals surface area contributed by atoms with Gasteiger partial charge in [-0.15, -0.1) is 0 Å². The van der Waals surface area contributed by atoms with Crippen LogP contribution in [0, 0.1) is 0 Å². The van der Waals surface area contributed by atoms with Crippen LogP contribution < -0.4 is 0 Å². The molecule has 9 heavy (non-hydrogen) atoms. The van der Waals surface area contributed by atoms with E-state index in [1.807, 2.05) is 0 Å².